The summed E-state index contributed by atoms with van der Waals surface area (Å²) in [7, 11) is 0. The molecule has 0 spiro atoms. The summed E-state index contributed by atoms with van der Waals surface area (Å²) in [5.74, 6) is 0. The number of hydrogen-bond donors (Lipinski definition) is 0. The maximum Gasteiger partial charge on any atom is 0.214 e. The highest BCUT2D eigenvalue weighted by Gasteiger charge is 2.25. The maximum atomic E-state index is 2.48. The van der Waals surface area contributed by atoms with Crippen molar-refractivity contribution in [3.05, 3.63) is 71.3 Å². The molecule has 0 atom stereocenters. The van der Waals surface area contributed by atoms with Crippen molar-refractivity contribution in [2.24, 2.45) is 0 Å². The van der Waals surface area contributed by atoms with Crippen molar-refractivity contribution in [2.75, 3.05) is 13.1 Å². The van der Waals surface area contributed by atoms with Crippen LogP contribution < -0.4 is 0 Å². The van der Waals surface area contributed by atoms with Crippen LogP contribution in [0.25, 0.3) is 0 Å². The van der Waals surface area contributed by atoms with E-state index in [0.29, 0.717) is 0 Å². The lowest BCUT2D eigenvalue weighted by Crippen LogP contribution is -2.30. The quantitative estimate of drug-likeness (QED) is 0.757. The Hall–Kier alpha value is -1.93. The third kappa shape index (κ3) is 2.45. The van der Waals surface area contributed by atoms with Crippen molar-refractivity contribution in [1.29, 1.82) is 0 Å². The smallest absolute Gasteiger partial charge is 0.214 e. The van der Waals surface area contributed by atoms with Crippen molar-refractivity contribution in [1.82, 2.24) is 0 Å². The van der Waals surface area contributed by atoms with Gasteiger partial charge in [0.15, 0.2) is 0 Å². The van der Waals surface area contributed by atoms with Gasteiger partial charge in [-0.1, -0.05) is 36.4 Å². The Kier molecular flexibility index (Phi) is 4.13. The number of rotatable bonds is 2. The minimum Gasteiger partial charge on any atom is -0.870 e. The van der Waals surface area contributed by atoms with Crippen molar-refractivity contribution < 1.29 is 10.1 Å². The molecule has 0 amide bonds. The van der Waals surface area contributed by atoms with Gasteiger partial charge in [-0.25, -0.2) is 4.58 Å². The van der Waals surface area contributed by atoms with Gasteiger partial charge in [-0.3, -0.25) is 0 Å². The third-order valence-corrected chi connectivity index (χ3v) is 3.67. The zero-order valence-corrected chi connectivity index (χ0v) is 11.2. The van der Waals surface area contributed by atoms with Gasteiger partial charge in [-0.05, 0) is 30.7 Å². The van der Waals surface area contributed by atoms with Gasteiger partial charge in [0.25, 0.3) is 0 Å². The van der Waals surface area contributed by atoms with E-state index < -0.39 is 0 Å². The first-order valence-electron chi connectivity index (χ1n) is 6.65. The Morgan fingerprint density at radius 2 is 1.63 bits per heavy atom. The van der Waals surface area contributed by atoms with E-state index in [9.17, 15) is 0 Å². The van der Waals surface area contributed by atoms with E-state index in [2.05, 4.69) is 66.1 Å². The maximum absolute atomic E-state index is 2.48. The normalized spacial score (nSPS) is 13.7. The molecule has 19 heavy (non-hydrogen) atoms. The van der Waals surface area contributed by atoms with E-state index in [1.807, 2.05) is 0 Å². The highest BCUT2D eigenvalue weighted by Crippen LogP contribution is 2.20. The number of likely N-dealkylation sites (N-methyl/N-ethyl adjacent to an activating group) is 1. The van der Waals surface area contributed by atoms with Gasteiger partial charge in [0, 0.05) is 17.5 Å². The molecule has 0 aliphatic carbocycles. The SMILES string of the molecule is CC[N+]1=C(c2ccccc2)c2ccccc2CC1.[OH-]. The topological polar surface area (TPSA) is 33.0 Å². The summed E-state index contributed by atoms with van der Waals surface area (Å²) in [5, 5.41) is 0. The molecule has 2 aromatic carbocycles. The molecule has 2 heteroatoms. The van der Waals surface area contributed by atoms with Gasteiger partial charge < -0.3 is 5.48 Å². The summed E-state index contributed by atoms with van der Waals surface area (Å²) in [6.45, 7) is 4.42. The van der Waals surface area contributed by atoms with Crippen LogP contribution in [0.5, 0.6) is 0 Å². The van der Waals surface area contributed by atoms with E-state index in [-0.39, 0.29) is 5.48 Å². The minimum absolute atomic E-state index is 0. The van der Waals surface area contributed by atoms with Gasteiger partial charge >= 0.3 is 0 Å². The highest BCUT2D eigenvalue weighted by atomic mass is 16.0. The minimum atomic E-state index is 0. The van der Waals surface area contributed by atoms with Gasteiger partial charge in [-0.2, -0.15) is 0 Å². The molecule has 1 N–H and O–H groups in total. The van der Waals surface area contributed by atoms with Crippen LogP contribution in [0, 0.1) is 0 Å². The summed E-state index contributed by atoms with van der Waals surface area (Å²) < 4.78 is 2.48. The lowest BCUT2D eigenvalue weighted by atomic mass is 9.92. The second-order valence-electron chi connectivity index (χ2n) is 4.70. The van der Waals surface area contributed by atoms with Crippen molar-refractivity contribution in [3.63, 3.8) is 0 Å². The molecule has 98 valence electrons. The summed E-state index contributed by atoms with van der Waals surface area (Å²) >= 11 is 0. The summed E-state index contributed by atoms with van der Waals surface area (Å²) in [6, 6.07) is 19.5. The van der Waals surface area contributed by atoms with E-state index in [0.717, 1.165) is 19.5 Å². The zero-order chi connectivity index (χ0) is 12.4. The van der Waals surface area contributed by atoms with Gasteiger partial charge in [0.1, 0.15) is 13.1 Å². The predicted octanol–water partition coefficient (Wildman–Crippen LogP) is 2.94. The monoisotopic (exact) mass is 253 g/mol. The van der Waals surface area contributed by atoms with Crippen LogP contribution in [0.4, 0.5) is 0 Å². The molecule has 0 aromatic heterocycles. The van der Waals surface area contributed by atoms with Crippen LogP contribution in [-0.2, 0) is 6.42 Å². The van der Waals surface area contributed by atoms with Crippen LogP contribution in [0.15, 0.2) is 54.6 Å². The predicted molar refractivity (Wildman–Crippen MR) is 77.4 cm³/mol. The largest absolute Gasteiger partial charge is 0.870 e. The molecule has 0 fully saturated rings. The Labute approximate surface area is 114 Å². The van der Waals surface area contributed by atoms with Crippen molar-refractivity contribution in [2.45, 2.75) is 13.3 Å². The fraction of sp³-hybridized carbons (Fsp3) is 0.235. The van der Waals surface area contributed by atoms with Gasteiger partial charge in [0.05, 0.1) is 0 Å². The lowest BCUT2D eigenvalue weighted by molar-refractivity contribution is -0.524. The molecule has 0 saturated carbocycles. The molecule has 1 aliphatic heterocycles. The van der Waals surface area contributed by atoms with Gasteiger partial charge in [0.2, 0.25) is 5.71 Å². The summed E-state index contributed by atoms with van der Waals surface area (Å²) in [6.07, 6.45) is 1.15. The lowest BCUT2D eigenvalue weighted by Gasteiger charge is -2.17. The van der Waals surface area contributed by atoms with Gasteiger partial charge in [-0.15, -0.1) is 0 Å². The number of benzene rings is 2. The van der Waals surface area contributed by atoms with Crippen molar-refractivity contribution in [3.8, 4) is 0 Å². The third-order valence-electron chi connectivity index (χ3n) is 3.67. The highest BCUT2D eigenvalue weighted by molar-refractivity contribution is 6.10. The molecular weight excluding hydrogens is 234 g/mol. The first kappa shape index (κ1) is 13.5. The first-order valence-corrected chi connectivity index (χ1v) is 6.65. The average molecular weight is 253 g/mol. The fourth-order valence-electron chi connectivity index (χ4n) is 2.76. The van der Waals surface area contributed by atoms with Crippen LogP contribution in [0.3, 0.4) is 0 Å². The van der Waals surface area contributed by atoms with Crippen molar-refractivity contribution >= 4 is 5.71 Å². The average Bonchev–Trinajstić information content (AvgIpc) is 2.47. The Morgan fingerprint density at radius 3 is 2.37 bits per heavy atom. The molecule has 0 unspecified atom stereocenters. The molecule has 0 radical (unpaired) electrons. The number of hydrogen-bond acceptors (Lipinski definition) is 1. The molecule has 1 heterocycles. The second kappa shape index (κ2) is 5.81. The standard InChI is InChI=1S/C17H18N.H2O/c1-2-18-13-12-14-8-6-7-11-16(14)17(18)15-9-4-3-5-10-15;/h3-11H,2,12-13H2,1H3;1H2/q+1;/p-1. The molecule has 2 aromatic rings. The number of nitrogens with zero attached hydrogens (tertiary/aromatic N) is 1. The molecular formula is C17H19NO. The Bertz CT molecular complexity index is 587. The fourth-order valence-corrected chi connectivity index (χ4v) is 2.76. The Balaban J connectivity index is 0.00000133. The van der Waals surface area contributed by atoms with E-state index in [1.165, 1.54) is 22.4 Å². The van der Waals surface area contributed by atoms with Crippen LogP contribution in [0.1, 0.15) is 23.6 Å². The molecule has 2 nitrogen and oxygen atoms in total. The second-order valence-corrected chi connectivity index (χ2v) is 4.70. The van der Waals surface area contributed by atoms with Crippen LogP contribution in [-0.4, -0.2) is 28.9 Å². The zero-order valence-electron chi connectivity index (χ0n) is 11.2. The summed E-state index contributed by atoms with van der Waals surface area (Å²) in [5.41, 5.74) is 5.59. The molecule has 0 bridgehead atoms. The molecule has 0 saturated heterocycles. The van der Waals surface area contributed by atoms with Crippen LogP contribution >= 0.6 is 0 Å². The molecule has 1 aliphatic rings. The summed E-state index contributed by atoms with van der Waals surface area (Å²) in [4.78, 5) is 0. The van der Waals surface area contributed by atoms with Crippen LogP contribution in [0.2, 0.25) is 0 Å². The first-order chi connectivity index (χ1) is 8.90. The Morgan fingerprint density at radius 1 is 0.947 bits per heavy atom. The van der Waals surface area contributed by atoms with E-state index in [4.69, 9.17) is 0 Å². The van der Waals surface area contributed by atoms with E-state index in [1.54, 1.807) is 0 Å². The molecule has 3 rings (SSSR count). The van der Waals surface area contributed by atoms with E-state index >= 15 is 0 Å². The number of fused-ring (bicyclic) bond motifs is 1.